The number of hydrogen-bond donors (Lipinski definition) is 2. The average molecular weight is 1190 g/mol. The van der Waals surface area contributed by atoms with Crippen LogP contribution < -0.4 is 41.0 Å². The predicted molar refractivity (Wildman–Crippen MR) is 332 cm³/mol. The molecule has 88 heavy (non-hydrogen) atoms. The second-order valence-corrected chi connectivity index (χ2v) is 20.5. The first-order valence-corrected chi connectivity index (χ1v) is 27.7. The van der Waals surface area contributed by atoms with Crippen molar-refractivity contribution in [3.8, 4) is 35.8 Å². The molecule has 6 aromatic carbocycles. The smallest absolute Gasteiger partial charge is 0.340 e. The van der Waals surface area contributed by atoms with E-state index in [1.807, 2.05) is 72.8 Å². The Kier molecular flexibility index (Phi) is 22.8. The number of nitrogens with zero attached hydrogens (tertiary/aromatic N) is 11. The van der Waals surface area contributed by atoms with Crippen LogP contribution >= 0.6 is 7.05 Å². The third-order valence-electron chi connectivity index (χ3n) is 12.2. The highest BCUT2D eigenvalue weighted by Crippen LogP contribution is 2.51. The number of nitrogens with one attached hydrogen (secondary N) is 2. The number of anilines is 2. The highest BCUT2D eigenvalue weighted by Gasteiger charge is 2.30. The van der Waals surface area contributed by atoms with Gasteiger partial charge in [-0.2, -0.15) is 30.8 Å². The molecule has 10 aromatic rings. The molecule has 0 radical (unpaired) electrons. The zero-order valence-electron chi connectivity index (χ0n) is 47.6. The second-order valence-electron chi connectivity index (χ2n) is 17.4. The van der Waals surface area contributed by atoms with Gasteiger partial charge in [0, 0.05) is 40.2 Å². The maximum atomic E-state index is 12.6. The zero-order valence-corrected chi connectivity index (χ0v) is 48.5. The van der Waals surface area contributed by atoms with E-state index in [0.29, 0.717) is 55.9 Å². The lowest BCUT2D eigenvalue weighted by atomic mass is 10.2. The summed E-state index contributed by atoms with van der Waals surface area (Å²) in [5, 5.41) is 32.5. The van der Waals surface area contributed by atoms with Gasteiger partial charge in [0.15, 0.2) is 5.69 Å². The van der Waals surface area contributed by atoms with Gasteiger partial charge < -0.3 is 29.0 Å². The van der Waals surface area contributed by atoms with Gasteiger partial charge in [-0.25, -0.2) is 39.1 Å². The number of methoxy groups -OCH3 is 5. The number of aliphatic imine (C=N–C) groups is 3. The summed E-state index contributed by atoms with van der Waals surface area (Å²) in [6.45, 7) is 0. The topological polar surface area (TPSA) is 315 Å². The number of rotatable bonds is 14. The van der Waals surface area contributed by atoms with Crippen LogP contribution in [0.4, 0.5) is 34.4 Å². The van der Waals surface area contributed by atoms with Crippen LogP contribution in [0.1, 0.15) is 37.4 Å². The molecule has 434 valence electrons. The summed E-state index contributed by atoms with van der Waals surface area (Å²) in [7, 11) is 4.44. The molecule has 0 spiro atoms. The lowest BCUT2D eigenvalue weighted by molar-refractivity contribution is 0.0592. The number of carbonyl (C=O) groups is 2. The van der Waals surface area contributed by atoms with Crippen molar-refractivity contribution in [3.05, 3.63) is 239 Å². The van der Waals surface area contributed by atoms with E-state index in [0.717, 1.165) is 15.9 Å². The van der Waals surface area contributed by atoms with Gasteiger partial charge in [-0.15, -0.1) is 0 Å². The largest absolute Gasteiger partial charge is 0.479 e. The Labute approximate surface area is 504 Å². The molecule has 0 saturated heterocycles. The Morgan fingerprint density at radius 3 is 1.38 bits per heavy atom. The molecule has 0 aliphatic rings. The van der Waals surface area contributed by atoms with E-state index in [-0.39, 0.29) is 40.4 Å². The lowest BCUT2D eigenvalue weighted by Gasteiger charge is -2.27. The van der Waals surface area contributed by atoms with Crippen molar-refractivity contribution >= 4 is 92.3 Å². The number of fused-ring (bicyclic) bond motifs is 1. The van der Waals surface area contributed by atoms with Crippen molar-refractivity contribution in [2.45, 2.75) is 0 Å². The molecule has 4 heterocycles. The van der Waals surface area contributed by atoms with Crippen molar-refractivity contribution in [2.75, 3.05) is 40.9 Å². The van der Waals surface area contributed by atoms with Crippen LogP contribution in [0.25, 0.3) is 10.9 Å². The molecule has 4 aromatic heterocycles. The van der Waals surface area contributed by atoms with Gasteiger partial charge in [0.25, 0.3) is 5.56 Å². The summed E-state index contributed by atoms with van der Waals surface area (Å²) in [5.74, 6) is -0.0585. The molecule has 0 saturated carbocycles. The lowest BCUT2D eigenvalue weighted by Crippen LogP contribution is -2.25. The fourth-order valence-electron chi connectivity index (χ4n) is 8.04. The Hall–Kier alpha value is -12.5. The van der Waals surface area contributed by atoms with Gasteiger partial charge >= 0.3 is 11.9 Å². The maximum absolute atomic E-state index is 12.6. The molecule has 2 N–H and O–H groups in total. The maximum Gasteiger partial charge on any atom is 0.340 e. The van der Waals surface area contributed by atoms with E-state index in [1.54, 1.807) is 84.9 Å². The highest BCUT2D eigenvalue weighted by atomic mass is 31.2. The standard InChI is InChI=1S/C26H23N2O3P.C16H12N4O3.C15H11N5O2.C8H4N2O/c1-30-25-24(23(18-19-27-25)26(29)31-2)28-32(20-12-6-3-7-13-20,21-14-8-4-9-15-21)22-16-10-5-11-17-22;1-22-15-14(13(7-8-18-15)16(21)23-2)20-10-19-12-5-3-11(9-17)4-6-12;1-22-14-12-11(6-7-17-14)13(21)20-15(19-12)18-10-4-2-9(8-16)3-5-10;9-5-7-1-3-8(4-2-7)10-6-11/h3-19H,1-2H3;3-8H,1-2H3;2-7H,1H3,(H2,18,19,20,21);1-4H. The van der Waals surface area contributed by atoms with Gasteiger partial charge in [0.2, 0.25) is 29.7 Å². The van der Waals surface area contributed by atoms with Gasteiger partial charge in [-0.05, 0) is 91.0 Å². The van der Waals surface area contributed by atoms with Crippen LogP contribution in [0.2, 0.25) is 0 Å². The SMILES string of the molecule is COC(=O)c1ccnc(OC)c1N=C=Nc1ccc(C#N)cc1.COC(=O)c1ccnc(OC)c1N=P(c1ccccc1)(c1ccccc1)c1ccccc1.COc1nccc2c(=O)[nH]c(Nc3ccc(C#N)cc3)nc12.N#Cc1ccc(N=C=O)cc1. The van der Waals surface area contributed by atoms with E-state index in [1.165, 1.54) is 66.3 Å². The molecular formula is C65H50N13O9P. The van der Waals surface area contributed by atoms with Crippen LogP contribution in [0, 0.1) is 34.0 Å². The van der Waals surface area contributed by atoms with Gasteiger partial charge in [0.1, 0.15) is 17.2 Å². The summed E-state index contributed by atoms with van der Waals surface area (Å²) in [6.07, 6.45) is 5.85. The number of aromatic amines is 1. The van der Waals surface area contributed by atoms with E-state index < -0.39 is 19.0 Å². The van der Waals surface area contributed by atoms with Crippen molar-refractivity contribution < 1.29 is 38.1 Å². The number of benzene rings is 6. The Bertz CT molecular complexity index is 4320. The molecule has 0 unspecified atom stereocenters. The number of ether oxygens (including phenoxy) is 5. The van der Waals surface area contributed by atoms with E-state index in [2.05, 4.69) is 87.6 Å². The average Bonchev–Trinajstić information content (AvgIpc) is 3.69. The fourth-order valence-corrected chi connectivity index (χ4v) is 11.6. The number of esters is 2. The van der Waals surface area contributed by atoms with Crippen LogP contribution in [-0.2, 0) is 14.3 Å². The van der Waals surface area contributed by atoms with Crippen molar-refractivity contribution in [1.29, 1.82) is 15.8 Å². The predicted octanol–water partition coefficient (Wildman–Crippen LogP) is 11.0. The molecule has 0 amide bonds. The van der Waals surface area contributed by atoms with E-state index in [9.17, 15) is 19.2 Å². The van der Waals surface area contributed by atoms with E-state index >= 15 is 0 Å². The van der Waals surface area contributed by atoms with Crippen LogP contribution in [0.15, 0.2) is 225 Å². The van der Waals surface area contributed by atoms with Crippen LogP contribution in [-0.4, -0.2) is 84.5 Å². The number of pyridine rings is 3. The highest BCUT2D eigenvalue weighted by molar-refractivity contribution is 7.87. The van der Waals surface area contributed by atoms with Gasteiger partial charge in [0.05, 0.1) is 105 Å². The molecule has 22 nitrogen and oxygen atoms in total. The number of isocyanates is 1. The summed E-state index contributed by atoms with van der Waals surface area (Å²) >= 11 is 0. The third kappa shape index (κ3) is 16.0. The Balaban J connectivity index is 0.000000176. The minimum absolute atomic E-state index is 0.162. The number of nitriles is 3. The second kappa shape index (κ2) is 31.8. The van der Waals surface area contributed by atoms with Crippen LogP contribution in [0.5, 0.6) is 17.6 Å². The molecule has 0 aliphatic carbocycles. The number of aromatic nitrogens is 5. The summed E-state index contributed by atoms with van der Waals surface area (Å²) in [6, 6.07) is 63.4. The normalized spacial score (nSPS) is 9.93. The molecule has 23 heteroatoms. The third-order valence-corrected chi connectivity index (χ3v) is 15.8. The first-order chi connectivity index (χ1) is 43.0. The summed E-state index contributed by atoms with van der Waals surface area (Å²) in [5.41, 5.74) is 4.57. The zero-order chi connectivity index (χ0) is 62.7. The molecule has 10 rings (SSSR count). The summed E-state index contributed by atoms with van der Waals surface area (Å²) in [4.78, 5) is 77.0. The molecule has 0 bridgehead atoms. The molecular weight excluding hydrogens is 1140 g/mol. The first-order valence-electron chi connectivity index (χ1n) is 25.9. The minimum Gasteiger partial charge on any atom is -0.479 e. The molecule has 0 atom stereocenters. The van der Waals surface area contributed by atoms with Gasteiger partial charge in [-0.3, -0.25) is 9.78 Å². The molecule has 0 aliphatic heterocycles. The Morgan fingerprint density at radius 1 is 0.511 bits per heavy atom. The first kappa shape index (κ1) is 63.1. The van der Waals surface area contributed by atoms with E-state index in [4.69, 9.17) is 44.2 Å². The number of H-pyrrole nitrogens is 1. The monoisotopic (exact) mass is 1190 g/mol. The molecule has 0 fully saturated rings. The quantitative estimate of drug-likeness (QED) is 0.0442. The number of hydrogen-bond acceptors (Lipinski definition) is 21. The van der Waals surface area contributed by atoms with Gasteiger partial charge in [-0.1, -0.05) is 91.0 Å². The fraction of sp³-hybridized carbons (Fsp3) is 0.0769. The van der Waals surface area contributed by atoms with Crippen molar-refractivity contribution in [2.24, 2.45) is 19.7 Å². The van der Waals surface area contributed by atoms with Crippen molar-refractivity contribution in [1.82, 2.24) is 24.9 Å². The van der Waals surface area contributed by atoms with Crippen LogP contribution in [0.3, 0.4) is 0 Å². The minimum atomic E-state index is -2.60. The Morgan fingerprint density at radius 2 is 0.932 bits per heavy atom. The van der Waals surface area contributed by atoms with Crippen molar-refractivity contribution in [3.63, 3.8) is 0 Å². The summed E-state index contributed by atoms with van der Waals surface area (Å²) < 4.78 is 30.8. The number of carbonyl (C=O) groups excluding carboxylic acids is 3.